The van der Waals surface area contributed by atoms with Crippen LogP contribution in [0.15, 0.2) is 146 Å². The monoisotopic (exact) mass is 1080 g/mol. The zero-order chi connectivity index (χ0) is 46.7. The first-order valence-electron chi connectivity index (χ1n) is 23.3. The molecule has 9 aromatic rings. The Morgan fingerprint density at radius 2 is 1.12 bits per heavy atom. The van der Waals surface area contributed by atoms with E-state index in [-0.39, 0.29) is 32.9 Å². The van der Waals surface area contributed by atoms with Gasteiger partial charge < -0.3 is 19.1 Å². The molecule has 0 aliphatic carbocycles. The molecule has 8 heteroatoms. The summed E-state index contributed by atoms with van der Waals surface area (Å²) in [6.45, 7) is 19.8. The topological polar surface area (TPSA) is 33.5 Å². The molecule has 0 fully saturated rings. The number of halogens is 2. The Morgan fingerprint density at radius 1 is 0.529 bits per heavy atom. The van der Waals surface area contributed by atoms with Gasteiger partial charge in [-0.1, -0.05) is 116 Å². The summed E-state index contributed by atoms with van der Waals surface area (Å²) in [4.78, 5) is 9.19. The molecule has 0 N–H and O–H groups in total. The summed E-state index contributed by atoms with van der Waals surface area (Å²) in [6.07, 6.45) is 1.81. The Morgan fingerprint density at radius 3 is 1.75 bits per heavy atom. The van der Waals surface area contributed by atoms with Crippen LogP contribution in [0.1, 0.15) is 101 Å². The molecule has 0 atom stereocenters. The molecule has 0 radical (unpaired) electrons. The predicted molar refractivity (Wildman–Crippen MR) is 271 cm³/mol. The van der Waals surface area contributed by atoms with Crippen molar-refractivity contribution < 1.29 is 34.6 Å². The summed E-state index contributed by atoms with van der Waals surface area (Å²) in [6, 6.07) is 53.2. The second kappa shape index (κ2) is 18.8. The van der Waals surface area contributed by atoms with E-state index in [4.69, 9.17) is 9.72 Å². The maximum atomic E-state index is 14.6. The third kappa shape index (κ3) is 8.74. The van der Waals surface area contributed by atoms with Crippen LogP contribution in [0.4, 0.5) is 31.5 Å². The predicted octanol–water partition coefficient (Wildman–Crippen LogP) is 17.1. The van der Waals surface area contributed by atoms with Crippen molar-refractivity contribution in [2.75, 3.05) is 9.80 Å². The van der Waals surface area contributed by atoms with Gasteiger partial charge in [-0.15, -0.1) is 53.6 Å². The van der Waals surface area contributed by atoms with E-state index in [1.165, 1.54) is 23.3 Å². The molecule has 5 nitrogen and oxygen atoms in total. The molecule has 68 heavy (non-hydrogen) atoms. The first-order valence-corrected chi connectivity index (χ1v) is 23.3. The average molecular weight is 1080 g/mol. The van der Waals surface area contributed by atoms with E-state index in [1.807, 2.05) is 36.5 Å². The minimum Gasteiger partial charge on any atom is -0.509 e. The van der Waals surface area contributed by atoms with Crippen molar-refractivity contribution in [2.45, 2.75) is 79.1 Å². The van der Waals surface area contributed by atoms with Crippen LogP contribution in [-0.4, -0.2) is 9.55 Å². The summed E-state index contributed by atoms with van der Waals surface area (Å²) in [5.74, 6) is 1.54. The number of hydrogen-bond donors (Lipinski definition) is 0. The number of para-hydroxylation sites is 3. The number of aromatic nitrogens is 2. The Labute approximate surface area is 413 Å². The van der Waals surface area contributed by atoms with Crippen molar-refractivity contribution in [3.8, 4) is 39.6 Å². The van der Waals surface area contributed by atoms with Crippen molar-refractivity contribution in [3.05, 3.63) is 198 Å². The Kier molecular flexibility index (Phi) is 12.9. The first kappa shape index (κ1) is 46.5. The smallest absolute Gasteiger partial charge is 0.135 e. The second-order valence-corrected chi connectivity index (χ2v) is 18.9. The third-order valence-electron chi connectivity index (χ3n) is 12.9. The quantitative estimate of drug-likeness (QED) is 0.121. The fourth-order valence-electron chi connectivity index (χ4n) is 9.37. The van der Waals surface area contributed by atoms with Gasteiger partial charge in [-0.05, 0) is 123 Å². The molecule has 2 aromatic heterocycles. The molecule has 346 valence electrons. The minimum atomic E-state index is -0.599. The normalized spacial score (nSPS) is 12.6. The fraction of sp³-hybridized carbons (Fsp3) is 0.200. The van der Waals surface area contributed by atoms with Crippen molar-refractivity contribution in [2.24, 2.45) is 0 Å². The molecule has 0 saturated carbocycles. The fourth-order valence-corrected chi connectivity index (χ4v) is 9.37. The molecule has 1 aliphatic rings. The van der Waals surface area contributed by atoms with Gasteiger partial charge in [0.2, 0.25) is 0 Å². The van der Waals surface area contributed by atoms with Crippen molar-refractivity contribution in [3.63, 3.8) is 0 Å². The number of pyridine rings is 1. The maximum absolute atomic E-state index is 14.6. The van der Waals surface area contributed by atoms with Gasteiger partial charge >= 0.3 is 0 Å². The van der Waals surface area contributed by atoms with Crippen molar-refractivity contribution in [1.29, 1.82) is 0 Å². The molecule has 0 spiro atoms. The zero-order valence-corrected chi connectivity index (χ0v) is 41.8. The molecular weight excluding hydrogens is 1030 g/mol. The molecule has 3 heterocycles. The van der Waals surface area contributed by atoms with Gasteiger partial charge in [-0.25, -0.2) is 13.8 Å². The van der Waals surface area contributed by atoms with Crippen LogP contribution in [0.3, 0.4) is 0 Å². The van der Waals surface area contributed by atoms with Gasteiger partial charge in [0.05, 0.1) is 0 Å². The SMILES string of the molecule is CC(C)c1cc(-c2cc(Oc3[c-]c4c(cc3)c3ccccc3n4-c3ccccn3)[c-]c(N3[CH-]N(c4c(C(C)C)cc(-c5cc(F)cc(F)c5)cc4C(C)C)c4ccccc43)c2)cc(C(C)C)c1.[Pt]. The summed E-state index contributed by atoms with van der Waals surface area (Å²) in [5, 5.41) is 2.17. The standard InChI is InChI=1S/C60H53F2N4O.Pt/c1-36(2)40-23-41(37(3)4)25-42(24-40)44-28-48(33-50(29-44)67-49-20-21-52-51-15-9-10-16-55(51)66(58(52)34-49)59-19-13-14-22-63-59)64-35-65(57-18-12-11-17-56(57)64)60-53(38(5)6)30-45(31-54(60)39(7)8)43-26-46(61)32-47(62)27-43;/h9-32,35-39H,1-8H3;/q-3;. The Balaban J connectivity index is 0.00000578. The van der Waals surface area contributed by atoms with E-state index in [0.29, 0.717) is 28.9 Å². The largest absolute Gasteiger partial charge is 0.509 e. The molecule has 10 rings (SSSR count). The second-order valence-electron chi connectivity index (χ2n) is 18.9. The van der Waals surface area contributed by atoms with E-state index in [9.17, 15) is 8.78 Å². The Hall–Kier alpha value is -6.56. The van der Waals surface area contributed by atoms with Crippen LogP contribution in [-0.2, 0) is 21.1 Å². The van der Waals surface area contributed by atoms with Crippen molar-refractivity contribution in [1.82, 2.24) is 9.55 Å². The van der Waals surface area contributed by atoms with Gasteiger partial charge in [0, 0.05) is 67.4 Å². The number of benzene rings is 7. The van der Waals surface area contributed by atoms with Gasteiger partial charge in [0.25, 0.3) is 0 Å². The third-order valence-corrected chi connectivity index (χ3v) is 12.9. The Bertz CT molecular complexity index is 3250. The summed E-state index contributed by atoms with van der Waals surface area (Å²) in [7, 11) is 0. The average Bonchev–Trinajstić information content (AvgIpc) is 3.86. The van der Waals surface area contributed by atoms with Crippen LogP contribution in [0.5, 0.6) is 11.5 Å². The molecule has 0 bridgehead atoms. The van der Waals surface area contributed by atoms with Crippen LogP contribution in [0, 0.1) is 30.4 Å². The zero-order valence-electron chi connectivity index (χ0n) is 39.5. The molecule has 0 amide bonds. The number of fused-ring (bicyclic) bond motifs is 4. The number of anilines is 4. The summed E-state index contributed by atoms with van der Waals surface area (Å²) < 4.78 is 38.3. The molecule has 1 aliphatic heterocycles. The molecule has 0 unspecified atom stereocenters. The van der Waals surface area contributed by atoms with Crippen LogP contribution in [0.25, 0.3) is 49.9 Å². The number of ether oxygens (including phenoxy) is 1. The molecule has 7 aromatic carbocycles. The van der Waals surface area contributed by atoms with Crippen molar-refractivity contribution >= 4 is 44.6 Å². The van der Waals surface area contributed by atoms with Gasteiger partial charge in [0.1, 0.15) is 17.5 Å². The number of nitrogens with zero attached hydrogens (tertiary/aromatic N) is 4. The van der Waals surface area contributed by atoms with Gasteiger partial charge in [-0.3, -0.25) is 0 Å². The van der Waals surface area contributed by atoms with E-state index in [2.05, 4.69) is 180 Å². The summed E-state index contributed by atoms with van der Waals surface area (Å²) in [5.41, 5.74) is 13.8. The van der Waals surface area contributed by atoms with E-state index in [1.54, 1.807) is 0 Å². The van der Waals surface area contributed by atoms with E-state index < -0.39 is 11.6 Å². The molecular formula is C60H53F2N4OPt-3. The summed E-state index contributed by atoms with van der Waals surface area (Å²) >= 11 is 0. The van der Waals surface area contributed by atoms with Crippen LogP contribution < -0.4 is 14.5 Å². The molecule has 0 saturated heterocycles. The van der Waals surface area contributed by atoms with Gasteiger partial charge in [-0.2, -0.15) is 6.07 Å². The van der Waals surface area contributed by atoms with Gasteiger partial charge in [0.15, 0.2) is 0 Å². The van der Waals surface area contributed by atoms with E-state index >= 15 is 0 Å². The first-order chi connectivity index (χ1) is 32.3. The minimum absolute atomic E-state index is 0. The number of hydrogen-bond acceptors (Lipinski definition) is 4. The van der Waals surface area contributed by atoms with E-state index in [0.717, 1.165) is 84.3 Å². The maximum Gasteiger partial charge on any atom is 0.135 e. The van der Waals surface area contributed by atoms with Crippen LogP contribution >= 0.6 is 0 Å². The number of rotatable bonds is 11. The van der Waals surface area contributed by atoms with Crippen LogP contribution in [0.2, 0.25) is 0 Å².